The molecule has 0 atom stereocenters. The summed E-state index contributed by atoms with van der Waals surface area (Å²) in [7, 11) is 0. The van der Waals surface area contributed by atoms with E-state index in [1.807, 2.05) is 0 Å². The van der Waals surface area contributed by atoms with Gasteiger partial charge in [0.2, 0.25) is 0 Å². The van der Waals surface area contributed by atoms with Crippen LogP contribution in [-0.4, -0.2) is 45.6 Å². The van der Waals surface area contributed by atoms with Gasteiger partial charge in [-0.1, -0.05) is 0 Å². The van der Waals surface area contributed by atoms with Crippen molar-refractivity contribution in [2.45, 2.75) is 18.4 Å². The Hall–Kier alpha value is 0.560. The maximum absolute atomic E-state index is 10.1. The van der Waals surface area contributed by atoms with E-state index in [9.17, 15) is 29.7 Å². The van der Waals surface area contributed by atoms with Gasteiger partial charge in [0.15, 0.2) is 0 Å². The molecule has 0 bridgehead atoms. The first-order valence-corrected chi connectivity index (χ1v) is 3.89. The summed E-state index contributed by atoms with van der Waals surface area (Å²) < 4.78 is 0. The average molecular weight is 354 g/mol. The van der Waals surface area contributed by atoms with E-state index in [0.29, 0.717) is 0 Å². The van der Waals surface area contributed by atoms with Gasteiger partial charge in [-0.3, -0.25) is 0 Å². The van der Waals surface area contributed by atoms with Crippen LogP contribution in [0.4, 0.5) is 4.79 Å². The van der Waals surface area contributed by atoms with Crippen LogP contribution in [0, 0.1) is 0 Å². The zero-order chi connectivity index (χ0) is 14.2. The fourth-order valence-electron chi connectivity index (χ4n) is 0.684. The Kier molecular flexibility index (Phi) is 42.4. The fourth-order valence-corrected chi connectivity index (χ4v) is 0.684. The molecular weight excluding hydrogens is 341 g/mol. The number of urea groups is 1. The summed E-state index contributed by atoms with van der Waals surface area (Å²) in [6.07, 6.45) is -2.72. The van der Waals surface area contributed by atoms with Crippen LogP contribution >= 0.6 is 0 Å². The Morgan fingerprint density at radius 1 is 0.818 bits per heavy atom. The molecule has 0 aromatic carbocycles. The monoisotopic (exact) mass is 354 g/mol. The number of nitrogens with two attached hydrogens (primary N) is 2. The second kappa shape index (κ2) is 21.6. The number of aliphatic hydroxyl groups is 1. The number of carboxylic acid groups (broad SMARTS) is 3. The van der Waals surface area contributed by atoms with Crippen LogP contribution in [0.25, 0.3) is 0 Å². The second-order valence-corrected chi connectivity index (χ2v) is 2.82. The van der Waals surface area contributed by atoms with E-state index >= 15 is 0 Å². The van der Waals surface area contributed by atoms with E-state index < -0.39 is 42.4 Å². The molecule has 0 aliphatic carbocycles. The second-order valence-electron chi connectivity index (χ2n) is 2.82. The largest absolute Gasteiger partial charge is 1.00 e. The number of carboxylic acids is 3. The van der Waals surface area contributed by atoms with Crippen molar-refractivity contribution in [3.05, 3.63) is 0 Å². The third-order valence-corrected chi connectivity index (χ3v) is 1.25. The molecule has 0 fully saturated rings. The van der Waals surface area contributed by atoms with Gasteiger partial charge in [0, 0.05) is 24.8 Å². The summed E-state index contributed by atoms with van der Waals surface area (Å²) >= 11 is 0. The molecule has 0 heterocycles. The number of aliphatic carboxylic acids is 3. The van der Waals surface area contributed by atoms with Gasteiger partial charge < -0.3 is 57.2 Å². The summed E-state index contributed by atoms with van der Waals surface area (Å²) in [4.78, 5) is 39.0. The molecule has 0 aromatic rings. The van der Waals surface area contributed by atoms with Crippen molar-refractivity contribution >= 4 is 23.9 Å². The summed E-state index contributed by atoms with van der Waals surface area (Å²) in [6, 6.07) is -0.833. The van der Waals surface area contributed by atoms with E-state index in [2.05, 4.69) is 11.5 Å². The van der Waals surface area contributed by atoms with Crippen LogP contribution in [0.2, 0.25) is 0 Å². The van der Waals surface area contributed by atoms with E-state index in [1.54, 1.807) is 0 Å². The predicted molar refractivity (Wildman–Crippen MR) is 50.2 cm³/mol. The topological polar surface area (TPSA) is 273 Å². The van der Waals surface area contributed by atoms with E-state index in [1.165, 1.54) is 0 Å². The number of rotatable bonds is 5. The Balaban J connectivity index is -0.0000000450. The predicted octanol–water partition coefficient (Wildman–Crippen LogP) is -16.9. The molecular formula is C7H13N2Na3O10. The van der Waals surface area contributed by atoms with Crippen LogP contribution in [0.15, 0.2) is 0 Å². The molecule has 0 aliphatic heterocycles. The van der Waals surface area contributed by atoms with Gasteiger partial charge in [0.05, 0.1) is 5.97 Å². The molecule has 22 heavy (non-hydrogen) atoms. The van der Waals surface area contributed by atoms with Crippen LogP contribution in [0.5, 0.6) is 0 Å². The normalized spacial score (nSPS) is 7.50. The molecule has 0 radical (unpaired) electrons. The molecule has 2 amide bonds. The third kappa shape index (κ3) is 28.7. The zero-order valence-corrected chi connectivity index (χ0v) is 18.4. The first-order chi connectivity index (χ1) is 7.51. The number of amides is 2. The Morgan fingerprint density at radius 2 is 1.00 bits per heavy atom. The summed E-state index contributed by atoms with van der Waals surface area (Å²) in [5.41, 5.74) is 5.53. The number of carbonyl (C=O) groups excluding carboxylic acids is 4. The summed E-state index contributed by atoms with van der Waals surface area (Å²) in [5, 5.41) is 38.9. The fraction of sp³-hybridized carbons (Fsp3) is 0.429. The minimum absolute atomic E-state index is 0. The van der Waals surface area contributed by atoms with Crippen molar-refractivity contribution in [1.82, 2.24) is 0 Å². The molecule has 9 N–H and O–H groups in total. The van der Waals surface area contributed by atoms with E-state index in [0.717, 1.165) is 0 Å². The SMILES string of the molecule is NC(N)=O.O.O.O=C([O-])CC(O)(CC(=O)[O-])C(=O)[O-].[Na+].[Na+].[Na+]. The number of hydrogen-bond acceptors (Lipinski definition) is 8. The zero-order valence-electron chi connectivity index (χ0n) is 12.4. The molecule has 114 valence electrons. The minimum atomic E-state index is -2.97. The van der Waals surface area contributed by atoms with Gasteiger partial charge in [0.25, 0.3) is 0 Å². The molecule has 0 unspecified atom stereocenters. The molecule has 15 heteroatoms. The van der Waals surface area contributed by atoms with Crippen LogP contribution < -0.4 is 115 Å². The van der Waals surface area contributed by atoms with Crippen molar-refractivity contribution < 1.29 is 139 Å². The van der Waals surface area contributed by atoms with Gasteiger partial charge >= 0.3 is 94.7 Å². The number of primary amides is 2. The van der Waals surface area contributed by atoms with Gasteiger partial charge in [-0.2, -0.15) is 0 Å². The standard InChI is InChI=1S/C6H8O7.CH4N2O.3Na.2H2O/c7-3(8)1-6(13,5(11)12)2-4(9)10;2-1(3)4;;;;;/h13H,1-2H2,(H,7,8)(H,9,10)(H,11,12);(H4,2,3,4);;;;2*1H2/q;;3*+1;;/p-3. The Labute approximate surface area is 191 Å². The third-order valence-electron chi connectivity index (χ3n) is 1.25. The van der Waals surface area contributed by atoms with Crippen molar-refractivity contribution in [3.63, 3.8) is 0 Å². The molecule has 0 aliphatic rings. The molecule has 0 saturated heterocycles. The van der Waals surface area contributed by atoms with Gasteiger partial charge in [-0.25, -0.2) is 4.79 Å². The molecule has 12 nitrogen and oxygen atoms in total. The first-order valence-electron chi connectivity index (χ1n) is 3.89. The van der Waals surface area contributed by atoms with Gasteiger partial charge in [-0.05, 0) is 0 Å². The first kappa shape index (κ1) is 43.3. The molecule has 0 spiro atoms. The average Bonchev–Trinajstić information content (AvgIpc) is 1.98. The van der Waals surface area contributed by atoms with Crippen molar-refractivity contribution in [2.24, 2.45) is 11.5 Å². The summed E-state index contributed by atoms with van der Waals surface area (Å²) in [6.45, 7) is 0. The summed E-state index contributed by atoms with van der Waals surface area (Å²) in [5.74, 6) is -5.98. The quantitative estimate of drug-likeness (QED) is 0.397. The van der Waals surface area contributed by atoms with E-state index in [-0.39, 0.29) is 99.6 Å². The van der Waals surface area contributed by atoms with Crippen molar-refractivity contribution in [1.29, 1.82) is 0 Å². The number of hydrogen-bond donors (Lipinski definition) is 3. The molecule has 0 aromatic heterocycles. The van der Waals surface area contributed by atoms with Crippen LogP contribution in [0.3, 0.4) is 0 Å². The van der Waals surface area contributed by atoms with Crippen LogP contribution in [-0.2, 0) is 14.4 Å². The van der Waals surface area contributed by atoms with Gasteiger partial charge in [-0.15, -0.1) is 0 Å². The van der Waals surface area contributed by atoms with Crippen LogP contribution in [0.1, 0.15) is 12.8 Å². The minimum Gasteiger partial charge on any atom is -0.550 e. The number of carbonyl (C=O) groups is 4. The maximum Gasteiger partial charge on any atom is 1.00 e. The van der Waals surface area contributed by atoms with Crippen molar-refractivity contribution in [2.75, 3.05) is 0 Å². The molecule has 0 rings (SSSR count). The Bertz CT molecular complexity index is 320. The van der Waals surface area contributed by atoms with Gasteiger partial charge in [0.1, 0.15) is 5.60 Å². The van der Waals surface area contributed by atoms with Crippen molar-refractivity contribution in [3.8, 4) is 0 Å². The smallest absolute Gasteiger partial charge is 0.550 e. The Morgan fingerprint density at radius 3 is 1.09 bits per heavy atom. The molecule has 0 saturated carbocycles. The maximum atomic E-state index is 10.1. The van der Waals surface area contributed by atoms with E-state index in [4.69, 9.17) is 9.90 Å².